The van der Waals surface area contributed by atoms with Crippen molar-refractivity contribution in [2.75, 3.05) is 13.1 Å². The molecule has 0 bridgehead atoms. The number of nitrogens with zero attached hydrogens (tertiary/aromatic N) is 1. The molecule has 2 N–H and O–H groups in total. The molecule has 0 spiro atoms. The average molecular weight is 404 g/mol. The fourth-order valence-corrected chi connectivity index (χ4v) is 4.36. The van der Waals surface area contributed by atoms with E-state index in [1.807, 2.05) is 6.92 Å². The Morgan fingerprint density at radius 1 is 1.45 bits per heavy atom. The first kappa shape index (κ1) is 18.2. The third-order valence-corrected chi connectivity index (χ3v) is 6.54. The molecule has 0 aliphatic carbocycles. The van der Waals surface area contributed by atoms with E-state index in [0.29, 0.717) is 29.0 Å². The van der Waals surface area contributed by atoms with Crippen molar-refractivity contribution in [3.63, 3.8) is 0 Å². The van der Waals surface area contributed by atoms with E-state index in [-0.39, 0.29) is 29.3 Å². The van der Waals surface area contributed by atoms with E-state index in [0.717, 1.165) is 0 Å². The van der Waals surface area contributed by atoms with Crippen molar-refractivity contribution in [1.82, 2.24) is 4.31 Å². The lowest BCUT2D eigenvalue weighted by atomic mass is 9.96. The van der Waals surface area contributed by atoms with Gasteiger partial charge in [-0.15, -0.1) is 12.4 Å². The fraction of sp³-hybridized carbons (Fsp3) is 0.500. The monoisotopic (exact) mass is 402 g/mol. The molecule has 1 aliphatic rings. The quantitative estimate of drug-likeness (QED) is 0.825. The second-order valence-electron chi connectivity index (χ2n) is 4.87. The molecule has 8 heteroatoms. The Balaban J connectivity index is 0.00000200. The number of benzene rings is 1. The third-order valence-electron chi connectivity index (χ3n) is 3.46. The number of nitrogens with two attached hydrogens (primary N) is 1. The second-order valence-corrected chi connectivity index (χ2v) is 8.07. The number of hydrogen-bond donors (Lipinski definition) is 1. The van der Waals surface area contributed by atoms with Gasteiger partial charge in [-0.25, -0.2) is 8.42 Å². The molecule has 1 aliphatic heterocycles. The summed E-state index contributed by atoms with van der Waals surface area (Å²) in [7, 11) is -3.47. The largest absolute Gasteiger partial charge is 0.327 e. The zero-order valence-corrected chi connectivity index (χ0v) is 14.9. The summed E-state index contributed by atoms with van der Waals surface area (Å²) in [5.41, 5.74) is 5.92. The zero-order valence-electron chi connectivity index (χ0n) is 10.9. The summed E-state index contributed by atoms with van der Waals surface area (Å²) in [6, 6.07) is 4.72. The number of sulfonamides is 1. The Morgan fingerprint density at radius 2 is 2.10 bits per heavy atom. The van der Waals surface area contributed by atoms with E-state index in [4.69, 9.17) is 17.3 Å². The number of rotatable bonds is 2. The van der Waals surface area contributed by atoms with Crippen LogP contribution in [0.15, 0.2) is 27.6 Å². The predicted molar refractivity (Wildman–Crippen MR) is 86.9 cm³/mol. The van der Waals surface area contributed by atoms with Crippen molar-refractivity contribution in [1.29, 1.82) is 0 Å². The lowest BCUT2D eigenvalue weighted by molar-refractivity contribution is 0.250. The number of halogens is 3. The van der Waals surface area contributed by atoms with E-state index >= 15 is 0 Å². The minimum Gasteiger partial charge on any atom is -0.327 e. The Kier molecular flexibility index (Phi) is 6.32. The maximum Gasteiger partial charge on any atom is 0.243 e. The summed E-state index contributed by atoms with van der Waals surface area (Å²) >= 11 is 9.14. The first-order valence-corrected chi connectivity index (χ1v) is 8.64. The Morgan fingerprint density at radius 3 is 2.65 bits per heavy atom. The molecule has 2 atom stereocenters. The molecular formula is C12H17BrCl2N2O2S. The van der Waals surface area contributed by atoms with E-state index < -0.39 is 10.0 Å². The van der Waals surface area contributed by atoms with Crippen LogP contribution in [0.2, 0.25) is 5.02 Å². The van der Waals surface area contributed by atoms with Crippen LogP contribution in [0, 0.1) is 5.92 Å². The lowest BCUT2D eigenvalue weighted by Crippen LogP contribution is -2.48. The van der Waals surface area contributed by atoms with Crippen LogP contribution in [0.4, 0.5) is 0 Å². The molecule has 1 saturated heterocycles. The highest BCUT2D eigenvalue weighted by atomic mass is 79.9. The molecule has 1 aromatic rings. The Bertz CT molecular complexity index is 583. The molecule has 0 radical (unpaired) electrons. The molecule has 0 saturated carbocycles. The van der Waals surface area contributed by atoms with Crippen molar-refractivity contribution in [2.45, 2.75) is 24.3 Å². The fourth-order valence-electron chi connectivity index (χ4n) is 2.13. The van der Waals surface area contributed by atoms with Crippen LogP contribution < -0.4 is 5.73 Å². The van der Waals surface area contributed by atoms with Crippen LogP contribution in [-0.2, 0) is 10.0 Å². The lowest BCUT2D eigenvalue weighted by Gasteiger charge is -2.34. The zero-order chi connectivity index (χ0) is 14.2. The van der Waals surface area contributed by atoms with Gasteiger partial charge in [0.2, 0.25) is 10.0 Å². The van der Waals surface area contributed by atoms with Crippen LogP contribution in [-0.4, -0.2) is 31.9 Å². The van der Waals surface area contributed by atoms with Gasteiger partial charge in [0.05, 0.1) is 9.92 Å². The van der Waals surface area contributed by atoms with Gasteiger partial charge in [0.25, 0.3) is 0 Å². The van der Waals surface area contributed by atoms with Gasteiger partial charge in [0.15, 0.2) is 0 Å². The topological polar surface area (TPSA) is 63.4 Å². The van der Waals surface area contributed by atoms with Gasteiger partial charge in [0.1, 0.15) is 0 Å². The smallest absolute Gasteiger partial charge is 0.243 e. The summed E-state index contributed by atoms with van der Waals surface area (Å²) in [4.78, 5) is 0.256. The molecule has 2 rings (SSSR count). The average Bonchev–Trinajstić information content (AvgIpc) is 2.35. The van der Waals surface area contributed by atoms with E-state index in [1.54, 1.807) is 6.07 Å². The first-order valence-electron chi connectivity index (χ1n) is 6.03. The van der Waals surface area contributed by atoms with Crippen LogP contribution in [0.5, 0.6) is 0 Å². The number of piperidine rings is 1. The molecule has 0 amide bonds. The molecule has 0 aromatic heterocycles. The minimum absolute atomic E-state index is 0. The van der Waals surface area contributed by atoms with Gasteiger partial charge in [-0.05, 0) is 46.5 Å². The Hall–Kier alpha value is 0.150. The maximum absolute atomic E-state index is 12.5. The number of hydrogen-bond acceptors (Lipinski definition) is 3. The first-order chi connectivity index (χ1) is 8.82. The molecular weight excluding hydrogens is 387 g/mol. The normalized spacial score (nSPS) is 24.2. The van der Waals surface area contributed by atoms with Crippen molar-refractivity contribution < 1.29 is 8.42 Å². The third kappa shape index (κ3) is 3.67. The second kappa shape index (κ2) is 6.94. The van der Waals surface area contributed by atoms with Crippen LogP contribution in [0.3, 0.4) is 0 Å². The van der Waals surface area contributed by atoms with E-state index in [2.05, 4.69) is 15.9 Å². The van der Waals surface area contributed by atoms with Crippen LogP contribution in [0.25, 0.3) is 0 Å². The summed E-state index contributed by atoms with van der Waals surface area (Å²) in [6.45, 7) is 2.90. The molecule has 1 fully saturated rings. The van der Waals surface area contributed by atoms with Gasteiger partial charge >= 0.3 is 0 Å². The van der Waals surface area contributed by atoms with E-state index in [1.165, 1.54) is 16.4 Å². The van der Waals surface area contributed by atoms with Crippen LogP contribution >= 0.6 is 39.9 Å². The SMILES string of the molecule is CC1CN(S(=O)(=O)c2ccc(Cl)c(Br)c2)CCC1N.Cl. The molecule has 2 unspecified atom stereocenters. The van der Waals surface area contributed by atoms with E-state index in [9.17, 15) is 8.42 Å². The van der Waals surface area contributed by atoms with Crippen molar-refractivity contribution >= 4 is 50.0 Å². The summed E-state index contributed by atoms with van der Waals surface area (Å²) in [5.74, 6) is 0.166. The highest BCUT2D eigenvalue weighted by Crippen LogP contribution is 2.28. The Labute approximate surface area is 139 Å². The highest BCUT2D eigenvalue weighted by molar-refractivity contribution is 9.10. The molecule has 20 heavy (non-hydrogen) atoms. The molecule has 1 aromatic carbocycles. The van der Waals surface area contributed by atoms with Crippen molar-refractivity contribution in [2.24, 2.45) is 11.7 Å². The van der Waals surface area contributed by atoms with Gasteiger partial charge in [-0.3, -0.25) is 0 Å². The van der Waals surface area contributed by atoms with Gasteiger partial charge < -0.3 is 5.73 Å². The van der Waals surface area contributed by atoms with Gasteiger partial charge in [-0.2, -0.15) is 4.31 Å². The molecule has 4 nitrogen and oxygen atoms in total. The standard InChI is InChI=1S/C12H16BrClN2O2S.ClH/c1-8-7-16(5-4-12(8)15)19(17,18)9-2-3-11(14)10(13)6-9;/h2-3,6,8,12H,4-5,7,15H2,1H3;1H. The van der Waals surface area contributed by atoms with Crippen molar-refractivity contribution in [3.8, 4) is 0 Å². The van der Waals surface area contributed by atoms with Crippen molar-refractivity contribution in [3.05, 3.63) is 27.7 Å². The molecule has 114 valence electrons. The van der Waals surface area contributed by atoms with Gasteiger partial charge in [0, 0.05) is 23.6 Å². The summed E-state index contributed by atoms with van der Waals surface area (Å²) in [6.07, 6.45) is 0.690. The van der Waals surface area contributed by atoms with Gasteiger partial charge in [-0.1, -0.05) is 18.5 Å². The van der Waals surface area contributed by atoms with Crippen LogP contribution in [0.1, 0.15) is 13.3 Å². The molecule has 1 heterocycles. The predicted octanol–water partition coefficient (Wildman–Crippen LogP) is 2.88. The summed E-state index contributed by atoms with van der Waals surface area (Å²) < 4.78 is 27.1. The summed E-state index contributed by atoms with van der Waals surface area (Å²) in [5, 5.41) is 0.494. The highest BCUT2D eigenvalue weighted by Gasteiger charge is 2.32. The minimum atomic E-state index is -3.47. The maximum atomic E-state index is 12.5.